The third kappa shape index (κ3) is 5.31. The summed E-state index contributed by atoms with van der Waals surface area (Å²) in [6.07, 6.45) is 8.99. The van der Waals surface area contributed by atoms with Gasteiger partial charge in [0.15, 0.2) is 17.6 Å². The first-order valence-corrected chi connectivity index (χ1v) is 10.7. The first-order valence-electron chi connectivity index (χ1n) is 9.92. The highest BCUT2D eigenvalue weighted by Gasteiger charge is 2.47. The maximum atomic E-state index is 14.9. The fraction of sp³-hybridized carbons (Fsp3) is 0.304. The third-order valence-electron chi connectivity index (χ3n) is 5.12. The molecule has 7 nitrogen and oxygen atoms in total. The lowest BCUT2D eigenvalue weighted by Crippen LogP contribution is -2.49. The van der Waals surface area contributed by atoms with Gasteiger partial charge in [0.25, 0.3) is 0 Å². The van der Waals surface area contributed by atoms with Gasteiger partial charge in [0.05, 0.1) is 17.9 Å². The van der Waals surface area contributed by atoms with Crippen molar-refractivity contribution in [1.29, 1.82) is 0 Å². The van der Waals surface area contributed by atoms with Crippen LogP contribution in [-0.2, 0) is 10.3 Å². The summed E-state index contributed by atoms with van der Waals surface area (Å²) in [5.74, 6) is 1.02. The zero-order chi connectivity index (χ0) is 24.2. The second-order valence-corrected chi connectivity index (χ2v) is 9.30. The van der Waals surface area contributed by atoms with Crippen molar-refractivity contribution in [3.8, 4) is 18.2 Å². The fourth-order valence-corrected chi connectivity index (χ4v) is 4.93. The van der Waals surface area contributed by atoms with Crippen molar-refractivity contribution in [1.82, 2.24) is 15.3 Å². The van der Waals surface area contributed by atoms with Crippen LogP contribution in [0.1, 0.15) is 37.1 Å². The van der Waals surface area contributed by atoms with E-state index < -0.39 is 21.9 Å². The molecular formula is C23H23F2N5O2S. The molecule has 3 rings (SSSR count). The maximum Gasteiger partial charge on any atom is 0.236 e. The highest BCUT2D eigenvalue weighted by Crippen LogP contribution is 2.46. The molecule has 1 aliphatic rings. The molecule has 3 N–H and O–H groups in total. The van der Waals surface area contributed by atoms with E-state index in [1.165, 1.54) is 43.7 Å². The maximum absolute atomic E-state index is 14.9. The lowest BCUT2D eigenvalue weighted by Gasteiger charge is -2.40. The van der Waals surface area contributed by atoms with Gasteiger partial charge in [-0.3, -0.25) is 9.79 Å². The van der Waals surface area contributed by atoms with Gasteiger partial charge in [-0.15, -0.1) is 6.42 Å². The number of nitrogens with zero attached hydrogens (tertiary/aromatic N) is 3. The highest BCUT2D eigenvalue weighted by atomic mass is 32.2. The predicted molar refractivity (Wildman–Crippen MR) is 125 cm³/mol. The van der Waals surface area contributed by atoms with E-state index >= 15 is 0 Å². The monoisotopic (exact) mass is 471 g/mol. The number of ether oxygens (including phenoxy) is 1. The van der Waals surface area contributed by atoms with Crippen molar-refractivity contribution >= 4 is 34.7 Å². The summed E-state index contributed by atoms with van der Waals surface area (Å²) >= 11 is 1.13. The Labute approximate surface area is 194 Å². The molecule has 1 aromatic carbocycles. The number of amidine groups is 1. The summed E-state index contributed by atoms with van der Waals surface area (Å²) in [6, 6.07) is 4.15. The fourth-order valence-electron chi connectivity index (χ4n) is 3.67. The number of hydrogen-bond donors (Lipinski definition) is 2. The molecule has 0 radical (unpaired) electrons. The van der Waals surface area contributed by atoms with Crippen LogP contribution in [0.2, 0.25) is 0 Å². The van der Waals surface area contributed by atoms with E-state index in [1.54, 1.807) is 13.8 Å². The Bertz CT molecular complexity index is 1160. The average molecular weight is 472 g/mol. The molecule has 0 saturated heterocycles. The Hall–Kier alpha value is -3.45. The van der Waals surface area contributed by atoms with Gasteiger partial charge in [-0.05, 0) is 37.6 Å². The SMILES string of the molecule is C#CCOc1cnc(/C(F)=C/c2ccc(F)c([C@]3(C)C[C@](C)(C(=O)NC)SC(N)=N3)c2)cn1. The van der Waals surface area contributed by atoms with Crippen molar-refractivity contribution in [3.05, 3.63) is 53.2 Å². The number of thioether (sulfide) groups is 1. The molecule has 2 heterocycles. The van der Waals surface area contributed by atoms with Crippen molar-refractivity contribution in [2.24, 2.45) is 10.7 Å². The molecule has 0 spiro atoms. The first kappa shape index (κ1) is 24.2. The number of hydrogen-bond acceptors (Lipinski definition) is 7. The summed E-state index contributed by atoms with van der Waals surface area (Å²) < 4.78 is 33.9. The minimum Gasteiger partial charge on any atom is -0.463 e. The lowest BCUT2D eigenvalue weighted by atomic mass is 9.82. The number of nitrogens with one attached hydrogen (secondary N) is 1. The minimum atomic E-state index is -1.13. The van der Waals surface area contributed by atoms with E-state index in [4.69, 9.17) is 16.9 Å². The van der Waals surface area contributed by atoms with Crippen LogP contribution in [0.4, 0.5) is 8.78 Å². The molecule has 33 heavy (non-hydrogen) atoms. The van der Waals surface area contributed by atoms with Gasteiger partial charge in [0.2, 0.25) is 11.8 Å². The number of benzene rings is 1. The van der Waals surface area contributed by atoms with Gasteiger partial charge in [-0.25, -0.2) is 18.7 Å². The van der Waals surface area contributed by atoms with Gasteiger partial charge in [-0.2, -0.15) is 0 Å². The van der Waals surface area contributed by atoms with E-state index in [0.29, 0.717) is 5.56 Å². The van der Waals surface area contributed by atoms with Crippen molar-refractivity contribution in [3.63, 3.8) is 0 Å². The molecule has 0 saturated carbocycles. The third-order valence-corrected chi connectivity index (χ3v) is 6.20. The zero-order valence-corrected chi connectivity index (χ0v) is 19.2. The number of rotatable bonds is 6. The van der Waals surface area contributed by atoms with Crippen molar-refractivity contribution in [2.45, 2.75) is 30.6 Å². The van der Waals surface area contributed by atoms with Crippen LogP contribution in [0.25, 0.3) is 11.9 Å². The number of aliphatic imine (C=N–C) groups is 1. The molecule has 0 aliphatic carbocycles. The molecule has 172 valence electrons. The Balaban J connectivity index is 1.94. The molecule has 1 aromatic heterocycles. The number of carbonyl (C=O) groups is 1. The molecule has 2 atom stereocenters. The van der Waals surface area contributed by atoms with Crippen molar-refractivity contribution < 1.29 is 18.3 Å². The Morgan fingerprint density at radius 3 is 2.79 bits per heavy atom. The van der Waals surface area contributed by atoms with Crippen molar-refractivity contribution in [2.75, 3.05) is 13.7 Å². The van der Waals surface area contributed by atoms with Gasteiger partial charge in [-0.1, -0.05) is 23.7 Å². The summed E-state index contributed by atoms with van der Waals surface area (Å²) in [5, 5.41) is 2.79. The van der Waals surface area contributed by atoms with E-state index in [1.807, 2.05) is 0 Å². The molecule has 0 fully saturated rings. The predicted octanol–water partition coefficient (Wildman–Crippen LogP) is 3.27. The van der Waals surface area contributed by atoms with Crippen LogP contribution >= 0.6 is 11.8 Å². The molecule has 1 amide bonds. The number of terminal acetylenes is 1. The van der Waals surface area contributed by atoms with E-state index in [-0.39, 0.29) is 41.2 Å². The van der Waals surface area contributed by atoms with Gasteiger partial charge >= 0.3 is 0 Å². The summed E-state index contributed by atoms with van der Waals surface area (Å²) in [6.45, 7) is 3.45. The lowest BCUT2D eigenvalue weighted by molar-refractivity contribution is -0.123. The van der Waals surface area contributed by atoms with Crippen LogP contribution in [0.5, 0.6) is 5.88 Å². The van der Waals surface area contributed by atoms with E-state index in [9.17, 15) is 13.6 Å². The standard InChI is InChI=1S/C23H23F2N5O2S/c1-5-8-32-19-12-28-18(11-29-19)17(25)10-14-6-7-16(24)15(9-14)22(2)13-23(3,20(31)27-4)33-21(26)30-22/h1,6-7,9-12H,8,13H2,2-4H3,(H2,26,30)(H,27,31)/b17-10-/t22-,23+/m0/s1. The van der Waals surface area contributed by atoms with Crippen LogP contribution in [0.15, 0.2) is 35.6 Å². The normalized spacial score (nSPS) is 22.8. The molecule has 10 heteroatoms. The number of aromatic nitrogens is 2. The Morgan fingerprint density at radius 2 is 2.15 bits per heavy atom. The summed E-state index contributed by atoms with van der Waals surface area (Å²) in [5.41, 5.74) is 5.44. The molecule has 1 aliphatic heterocycles. The smallest absolute Gasteiger partial charge is 0.236 e. The topological polar surface area (TPSA) is 102 Å². The van der Waals surface area contributed by atoms with Crippen LogP contribution < -0.4 is 15.8 Å². The highest BCUT2D eigenvalue weighted by molar-refractivity contribution is 8.15. The summed E-state index contributed by atoms with van der Waals surface area (Å²) in [4.78, 5) is 24.8. The zero-order valence-electron chi connectivity index (χ0n) is 18.4. The van der Waals surface area contributed by atoms with E-state index in [0.717, 1.165) is 11.8 Å². The second-order valence-electron chi connectivity index (χ2n) is 7.78. The second kappa shape index (κ2) is 9.58. The van der Waals surface area contributed by atoms with Gasteiger partial charge in [0, 0.05) is 19.0 Å². The average Bonchev–Trinajstić information content (AvgIpc) is 2.77. The summed E-state index contributed by atoms with van der Waals surface area (Å²) in [7, 11) is 1.53. The Morgan fingerprint density at radius 1 is 1.39 bits per heavy atom. The molecule has 0 bridgehead atoms. The molecule has 0 unspecified atom stereocenters. The molecular weight excluding hydrogens is 448 g/mol. The number of halogens is 2. The molecule has 2 aromatic rings. The Kier molecular flexibility index (Phi) is 7.03. The van der Waals surface area contributed by atoms with Gasteiger partial charge < -0.3 is 15.8 Å². The van der Waals surface area contributed by atoms with Crippen LogP contribution in [0.3, 0.4) is 0 Å². The van der Waals surface area contributed by atoms with E-state index in [2.05, 4.69) is 26.2 Å². The first-order chi connectivity index (χ1) is 15.6. The largest absolute Gasteiger partial charge is 0.463 e. The number of carbonyl (C=O) groups excluding carboxylic acids is 1. The van der Waals surface area contributed by atoms with Crippen LogP contribution in [0, 0.1) is 18.2 Å². The number of amides is 1. The minimum absolute atomic E-state index is 0.0218. The van der Waals surface area contributed by atoms with Crippen LogP contribution in [-0.4, -0.2) is 39.4 Å². The number of nitrogens with two attached hydrogens (primary N) is 1. The van der Waals surface area contributed by atoms with Gasteiger partial charge in [0.1, 0.15) is 16.3 Å². The quantitative estimate of drug-likeness (QED) is 0.627.